The average molecular weight is 213 g/mol. The summed E-state index contributed by atoms with van der Waals surface area (Å²) in [5.41, 5.74) is 0. The molecule has 0 aromatic rings. The zero-order chi connectivity index (χ0) is 10.1. The Hall–Kier alpha value is -0.400. The van der Waals surface area contributed by atoms with Crippen LogP contribution in [0.4, 0.5) is 0 Å². The van der Waals surface area contributed by atoms with E-state index in [1.165, 1.54) is 0 Å². The van der Waals surface area contributed by atoms with Gasteiger partial charge in [0.05, 0.1) is 6.61 Å². The van der Waals surface area contributed by atoms with E-state index in [4.69, 9.17) is 21.4 Å². The molecule has 0 amide bonds. The van der Waals surface area contributed by atoms with E-state index in [0.29, 0.717) is 0 Å². The van der Waals surface area contributed by atoms with Gasteiger partial charge in [-0.2, -0.15) is 0 Å². The van der Waals surface area contributed by atoms with Crippen LogP contribution in [0.15, 0.2) is 0 Å². The average Bonchev–Trinajstić information content (AvgIpc) is 2.31. The monoisotopic (exact) mass is 212 g/mol. The highest BCUT2D eigenvalue weighted by molar-refractivity contribution is 6.22. The zero-order valence-electron chi connectivity index (χ0n) is 6.46. The number of hydrogen-bond donors (Lipinski definition) is 3. The van der Waals surface area contributed by atoms with E-state index >= 15 is 0 Å². The number of aliphatic hydroxyl groups is 3. The lowest BCUT2D eigenvalue weighted by atomic mass is 10.1. The van der Waals surface area contributed by atoms with Gasteiger partial charge in [-0.05, 0) is 11.6 Å². The maximum atomic E-state index is 9.97. The lowest BCUT2D eigenvalue weighted by Gasteiger charge is -2.21. The molecule has 3 N–H and O–H groups in total. The highest BCUT2D eigenvalue weighted by Gasteiger charge is 2.55. The number of rotatable bonds is 3. The van der Waals surface area contributed by atoms with Crippen molar-refractivity contribution >= 4 is 18.1 Å². The van der Waals surface area contributed by atoms with E-state index in [0.717, 1.165) is 0 Å². The zero-order valence-corrected chi connectivity index (χ0v) is 7.22. The summed E-state index contributed by atoms with van der Waals surface area (Å²) in [7, 11) is 0. The Morgan fingerprint density at radius 2 is 2.23 bits per heavy atom. The molecular weight excluding hydrogens is 204 g/mol. The predicted octanol–water partition coefficient (Wildman–Crippen LogP) is -1.84. The van der Waals surface area contributed by atoms with Crippen LogP contribution in [0.25, 0.3) is 0 Å². The molecule has 0 aliphatic carbocycles. The fourth-order valence-electron chi connectivity index (χ4n) is 1.06. The fraction of sp³-hybridized carbons (Fsp3) is 0.833. The minimum Gasteiger partial charge on any atom is -0.418 e. The fourth-order valence-corrected chi connectivity index (χ4v) is 1.34. The van der Waals surface area contributed by atoms with Gasteiger partial charge in [-0.3, -0.25) is 4.79 Å². The molecule has 0 aromatic carbocycles. The van der Waals surface area contributed by atoms with Crippen molar-refractivity contribution in [3.8, 4) is 0 Å². The van der Waals surface area contributed by atoms with Gasteiger partial charge in [0.1, 0.15) is 12.2 Å². The molecule has 1 fully saturated rings. The maximum absolute atomic E-state index is 9.97. The Kier molecular flexibility index (Phi) is 3.09. The quantitative estimate of drug-likeness (QED) is 0.376. The van der Waals surface area contributed by atoms with Crippen LogP contribution >= 0.6 is 11.6 Å². The SMILES string of the molecule is O=COC1(Cl)O[C@H](CO)[C@@H](O)[C@H]1O. The summed E-state index contributed by atoms with van der Waals surface area (Å²) in [4.78, 5) is 9.97. The second-order valence-corrected chi connectivity index (χ2v) is 3.10. The molecule has 4 atom stereocenters. The molecule has 13 heavy (non-hydrogen) atoms. The van der Waals surface area contributed by atoms with Gasteiger partial charge in [0, 0.05) is 0 Å². The molecule has 1 aliphatic rings. The summed E-state index contributed by atoms with van der Waals surface area (Å²) in [6.07, 6.45) is -4.04. The number of halogens is 1. The third kappa shape index (κ3) is 1.77. The van der Waals surface area contributed by atoms with Crippen molar-refractivity contribution in [3.63, 3.8) is 0 Å². The van der Waals surface area contributed by atoms with Gasteiger partial charge < -0.3 is 24.8 Å². The summed E-state index contributed by atoms with van der Waals surface area (Å²) in [5, 5.41) is 25.0. The van der Waals surface area contributed by atoms with Crippen molar-refractivity contribution < 1.29 is 29.6 Å². The van der Waals surface area contributed by atoms with Gasteiger partial charge in [-0.25, -0.2) is 0 Å². The van der Waals surface area contributed by atoms with Crippen LogP contribution < -0.4 is 0 Å². The summed E-state index contributed by atoms with van der Waals surface area (Å²) in [5.74, 6) is 0. The highest BCUT2D eigenvalue weighted by atomic mass is 35.5. The van der Waals surface area contributed by atoms with Crippen molar-refractivity contribution in [2.75, 3.05) is 6.61 Å². The van der Waals surface area contributed by atoms with Crippen molar-refractivity contribution in [1.82, 2.24) is 0 Å². The summed E-state index contributed by atoms with van der Waals surface area (Å²) in [6, 6.07) is 0. The van der Waals surface area contributed by atoms with Gasteiger partial charge in [0.15, 0.2) is 6.10 Å². The molecule has 0 radical (unpaired) electrons. The Morgan fingerprint density at radius 1 is 1.62 bits per heavy atom. The topological polar surface area (TPSA) is 96.2 Å². The van der Waals surface area contributed by atoms with Gasteiger partial charge in [0.2, 0.25) is 0 Å². The first-order valence-corrected chi connectivity index (χ1v) is 3.88. The molecule has 0 aromatic heterocycles. The third-order valence-corrected chi connectivity index (χ3v) is 2.16. The minimum absolute atomic E-state index is 0.0112. The molecule has 0 saturated carbocycles. The second kappa shape index (κ2) is 3.77. The van der Waals surface area contributed by atoms with Gasteiger partial charge in [-0.1, -0.05) is 0 Å². The lowest BCUT2D eigenvalue weighted by molar-refractivity contribution is -0.197. The number of aliphatic hydroxyl groups excluding tert-OH is 3. The van der Waals surface area contributed by atoms with Crippen LogP contribution in [0.2, 0.25) is 0 Å². The molecule has 1 aliphatic heterocycles. The number of carbonyl (C=O) groups excluding carboxylic acids is 1. The summed E-state index contributed by atoms with van der Waals surface area (Å²) >= 11 is 5.49. The molecule has 76 valence electrons. The Bertz CT molecular complexity index is 200. The van der Waals surface area contributed by atoms with Gasteiger partial charge in [-0.15, -0.1) is 0 Å². The van der Waals surface area contributed by atoms with E-state index in [1.807, 2.05) is 0 Å². The van der Waals surface area contributed by atoms with Crippen LogP contribution in [0.1, 0.15) is 0 Å². The molecule has 6 nitrogen and oxygen atoms in total. The van der Waals surface area contributed by atoms with E-state index in [1.54, 1.807) is 0 Å². The van der Waals surface area contributed by atoms with Crippen molar-refractivity contribution in [2.24, 2.45) is 0 Å². The third-order valence-electron chi connectivity index (χ3n) is 1.76. The van der Waals surface area contributed by atoms with E-state index < -0.39 is 30.2 Å². The smallest absolute Gasteiger partial charge is 0.322 e. The molecule has 0 spiro atoms. The van der Waals surface area contributed by atoms with Crippen LogP contribution in [0.5, 0.6) is 0 Å². The maximum Gasteiger partial charge on any atom is 0.322 e. The second-order valence-electron chi connectivity index (χ2n) is 2.57. The van der Waals surface area contributed by atoms with E-state index in [2.05, 4.69) is 4.74 Å². The first-order chi connectivity index (χ1) is 6.05. The minimum atomic E-state index is -2.10. The standard InChI is InChI=1S/C6H9ClO6/c7-6(12-2-9)5(11)4(10)3(1-8)13-6/h2-5,8,10-11H,1H2/t3-,4-,5-,6?/m1/s1. The lowest BCUT2D eigenvalue weighted by Crippen LogP contribution is -2.40. The summed E-state index contributed by atoms with van der Waals surface area (Å²) < 4.78 is 8.97. The van der Waals surface area contributed by atoms with Crippen LogP contribution in [-0.4, -0.2) is 52.0 Å². The number of hydrogen-bond acceptors (Lipinski definition) is 6. The predicted molar refractivity (Wildman–Crippen MR) is 39.7 cm³/mol. The van der Waals surface area contributed by atoms with Gasteiger partial charge >= 0.3 is 5.25 Å². The molecule has 1 unspecified atom stereocenters. The molecular formula is C6H9ClO6. The van der Waals surface area contributed by atoms with Crippen LogP contribution in [-0.2, 0) is 14.3 Å². The number of alkyl halides is 1. The summed E-state index contributed by atoms with van der Waals surface area (Å²) in [6.45, 7) is -0.544. The number of carbonyl (C=O) groups is 1. The molecule has 0 bridgehead atoms. The van der Waals surface area contributed by atoms with E-state index in [9.17, 15) is 15.0 Å². The molecule has 1 saturated heterocycles. The van der Waals surface area contributed by atoms with Crippen molar-refractivity contribution in [3.05, 3.63) is 0 Å². The van der Waals surface area contributed by atoms with Crippen LogP contribution in [0.3, 0.4) is 0 Å². The van der Waals surface area contributed by atoms with Crippen LogP contribution in [0, 0.1) is 0 Å². The first-order valence-electron chi connectivity index (χ1n) is 3.50. The number of ether oxygens (including phenoxy) is 2. The van der Waals surface area contributed by atoms with Crippen molar-refractivity contribution in [1.29, 1.82) is 0 Å². The molecule has 7 heteroatoms. The van der Waals surface area contributed by atoms with Gasteiger partial charge in [0.25, 0.3) is 6.47 Å². The molecule has 1 rings (SSSR count). The largest absolute Gasteiger partial charge is 0.418 e. The van der Waals surface area contributed by atoms with Crippen molar-refractivity contribution in [2.45, 2.75) is 23.6 Å². The Balaban J connectivity index is 2.74. The first kappa shape index (κ1) is 10.7. The normalized spacial score (nSPS) is 44.8. The molecule has 1 heterocycles. The Morgan fingerprint density at radius 3 is 2.62 bits per heavy atom. The Labute approximate surface area is 78.6 Å². The van der Waals surface area contributed by atoms with E-state index in [-0.39, 0.29) is 6.47 Å². The highest BCUT2D eigenvalue weighted by Crippen LogP contribution is 2.35.